The standard InChI is InChI=1S/C21H29N3O2/c25-20-13-7-14-23(20)19-11-5-4-10-17(19)22-21(26)24-15-6-12-18(24)16-8-2-1-3-9-16/h4-5,10-11,16,18H,1-3,6-9,12-15H2,(H,22,26). The summed E-state index contributed by atoms with van der Waals surface area (Å²) in [7, 11) is 0. The second-order valence-electron chi connectivity index (χ2n) is 7.90. The number of rotatable bonds is 3. The Morgan fingerprint density at radius 2 is 1.77 bits per heavy atom. The van der Waals surface area contributed by atoms with Crippen LogP contribution < -0.4 is 10.2 Å². The molecule has 1 saturated carbocycles. The Bertz CT molecular complexity index is 669. The van der Waals surface area contributed by atoms with E-state index in [9.17, 15) is 9.59 Å². The van der Waals surface area contributed by atoms with Crippen molar-refractivity contribution in [3.63, 3.8) is 0 Å². The van der Waals surface area contributed by atoms with Gasteiger partial charge in [0, 0.05) is 25.6 Å². The average molecular weight is 355 g/mol. The van der Waals surface area contributed by atoms with E-state index in [-0.39, 0.29) is 11.9 Å². The Hall–Kier alpha value is -2.04. The van der Waals surface area contributed by atoms with Gasteiger partial charge in [-0.25, -0.2) is 4.79 Å². The van der Waals surface area contributed by atoms with Gasteiger partial charge >= 0.3 is 6.03 Å². The van der Waals surface area contributed by atoms with Gasteiger partial charge in [-0.3, -0.25) is 4.79 Å². The summed E-state index contributed by atoms with van der Waals surface area (Å²) >= 11 is 0. The number of hydrogen-bond donors (Lipinski definition) is 1. The van der Waals surface area contributed by atoms with Gasteiger partial charge in [0.1, 0.15) is 0 Å². The van der Waals surface area contributed by atoms with Crippen molar-refractivity contribution in [2.45, 2.75) is 63.8 Å². The largest absolute Gasteiger partial charge is 0.322 e. The molecule has 1 aromatic rings. The molecule has 0 spiro atoms. The van der Waals surface area contributed by atoms with Crippen molar-refractivity contribution in [3.8, 4) is 0 Å². The first-order chi connectivity index (χ1) is 12.7. The highest BCUT2D eigenvalue weighted by molar-refractivity contribution is 6.01. The monoisotopic (exact) mass is 355 g/mol. The number of amides is 3. The molecule has 5 nitrogen and oxygen atoms in total. The number of carbonyl (C=O) groups excluding carboxylic acids is 2. The van der Waals surface area contributed by atoms with E-state index in [4.69, 9.17) is 0 Å². The topological polar surface area (TPSA) is 52.7 Å². The predicted molar refractivity (Wildman–Crippen MR) is 103 cm³/mol. The number of carbonyl (C=O) groups is 2. The fourth-order valence-electron chi connectivity index (χ4n) is 4.96. The Balaban J connectivity index is 1.48. The van der Waals surface area contributed by atoms with Crippen LogP contribution in [0.2, 0.25) is 0 Å². The van der Waals surface area contributed by atoms with Gasteiger partial charge in [-0.2, -0.15) is 0 Å². The van der Waals surface area contributed by atoms with E-state index in [0.29, 0.717) is 18.4 Å². The Kier molecular flexibility index (Phi) is 5.14. The molecule has 26 heavy (non-hydrogen) atoms. The first-order valence-electron chi connectivity index (χ1n) is 10.2. The summed E-state index contributed by atoms with van der Waals surface area (Å²) in [5, 5.41) is 3.11. The van der Waals surface area contributed by atoms with Crippen LogP contribution >= 0.6 is 0 Å². The van der Waals surface area contributed by atoms with Crippen LogP contribution in [-0.2, 0) is 4.79 Å². The summed E-state index contributed by atoms with van der Waals surface area (Å²) in [5.74, 6) is 0.806. The highest BCUT2D eigenvalue weighted by atomic mass is 16.2. The zero-order chi connectivity index (χ0) is 17.9. The molecule has 3 aliphatic rings. The minimum atomic E-state index is -0.00262. The first kappa shape index (κ1) is 17.4. The molecule has 0 radical (unpaired) electrons. The molecule has 5 heteroatoms. The van der Waals surface area contributed by atoms with E-state index in [0.717, 1.165) is 43.7 Å². The molecule has 1 unspecified atom stereocenters. The molecule has 1 aromatic carbocycles. The van der Waals surface area contributed by atoms with Crippen LogP contribution in [0.25, 0.3) is 0 Å². The minimum absolute atomic E-state index is 0.00262. The lowest BCUT2D eigenvalue weighted by Gasteiger charge is -2.34. The maximum Gasteiger partial charge on any atom is 0.322 e. The zero-order valence-electron chi connectivity index (χ0n) is 15.5. The molecule has 4 rings (SSSR count). The molecule has 2 aliphatic heterocycles. The third-order valence-electron chi connectivity index (χ3n) is 6.26. The Labute approximate surface area is 155 Å². The smallest absolute Gasteiger partial charge is 0.321 e. The lowest BCUT2D eigenvalue weighted by molar-refractivity contribution is -0.117. The minimum Gasteiger partial charge on any atom is -0.321 e. The highest BCUT2D eigenvalue weighted by Gasteiger charge is 2.35. The molecular weight excluding hydrogens is 326 g/mol. The number of urea groups is 1. The molecule has 1 aliphatic carbocycles. The van der Waals surface area contributed by atoms with E-state index in [1.54, 1.807) is 4.90 Å². The number of anilines is 2. The maximum absolute atomic E-state index is 13.0. The van der Waals surface area contributed by atoms with Crippen LogP contribution in [0.1, 0.15) is 57.8 Å². The van der Waals surface area contributed by atoms with Crippen molar-refractivity contribution in [2.75, 3.05) is 23.3 Å². The SMILES string of the molecule is O=C1CCCN1c1ccccc1NC(=O)N1CCCC1C1CCCCC1. The van der Waals surface area contributed by atoms with Gasteiger partial charge in [0.2, 0.25) is 5.91 Å². The number of hydrogen-bond acceptors (Lipinski definition) is 2. The van der Waals surface area contributed by atoms with E-state index < -0.39 is 0 Å². The lowest BCUT2D eigenvalue weighted by Crippen LogP contribution is -2.43. The van der Waals surface area contributed by atoms with Crippen molar-refractivity contribution >= 4 is 23.3 Å². The van der Waals surface area contributed by atoms with Crippen molar-refractivity contribution in [1.82, 2.24) is 4.90 Å². The van der Waals surface area contributed by atoms with E-state index >= 15 is 0 Å². The lowest BCUT2D eigenvalue weighted by atomic mass is 9.83. The van der Waals surface area contributed by atoms with Crippen LogP contribution in [0.5, 0.6) is 0 Å². The second-order valence-corrected chi connectivity index (χ2v) is 7.90. The normalized spacial score (nSPS) is 24.3. The summed E-state index contributed by atoms with van der Waals surface area (Å²) < 4.78 is 0. The van der Waals surface area contributed by atoms with Gasteiger partial charge < -0.3 is 15.1 Å². The molecule has 1 N–H and O–H groups in total. The van der Waals surface area contributed by atoms with E-state index in [1.807, 2.05) is 24.3 Å². The molecule has 3 amide bonds. The molecule has 2 saturated heterocycles. The van der Waals surface area contributed by atoms with Crippen LogP contribution in [-0.4, -0.2) is 36.0 Å². The van der Waals surface area contributed by atoms with Crippen molar-refractivity contribution < 1.29 is 9.59 Å². The fourth-order valence-corrected chi connectivity index (χ4v) is 4.96. The average Bonchev–Trinajstić information content (AvgIpc) is 3.32. The van der Waals surface area contributed by atoms with E-state index in [2.05, 4.69) is 10.2 Å². The van der Waals surface area contributed by atoms with Gasteiger partial charge in [-0.15, -0.1) is 0 Å². The summed E-state index contributed by atoms with van der Waals surface area (Å²) in [6, 6.07) is 8.07. The molecule has 3 fully saturated rings. The number of nitrogens with one attached hydrogen (secondary N) is 1. The first-order valence-corrected chi connectivity index (χ1v) is 10.2. The number of nitrogens with zero attached hydrogens (tertiary/aromatic N) is 2. The van der Waals surface area contributed by atoms with E-state index in [1.165, 1.54) is 32.1 Å². The molecule has 140 valence electrons. The summed E-state index contributed by atoms with van der Waals surface area (Å²) in [6.07, 6.45) is 10.2. The van der Waals surface area contributed by atoms with Crippen molar-refractivity contribution in [1.29, 1.82) is 0 Å². The van der Waals surface area contributed by atoms with Gasteiger partial charge in [0.25, 0.3) is 0 Å². The second kappa shape index (κ2) is 7.68. The Morgan fingerprint density at radius 3 is 2.54 bits per heavy atom. The predicted octanol–water partition coefficient (Wildman–Crippen LogP) is 4.39. The van der Waals surface area contributed by atoms with Crippen LogP contribution in [0.3, 0.4) is 0 Å². The number of likely N-dealkylation sites (tertiary alicyclic amines) is 1. The molecule has 0 bridgehead atoms. The van der Waals surface area contributed by atoms with Crippen molar-refractivity contribution in [2.24, 2.45) is 5.92 Å². The Morgan fingerprint density at radius 1 is 0.962 bits per heavy atom. The zero-order valence-corrected chi connectivity index (χ0v) is 15.5. The molecule has 1 atom stereocenters. The van der Waals surface area contributed by atoms with Gasteiger partial charge in [-0.05, 0) is 50.2 Å². The van der Waals surface area contributed by atoms with Crippen LogP contribution in [0.4, 0.5) is 16.2 Å². The highest BCUT2D eigenvalue weighted by Crippen LogP contribution is 2.35. The van der Waals surface area contributed by atoms with Gasteiger partial charge in [0.15, 0.2) is 0 Å². The van der Waals surface area contributed by atoms with Gasteiger partial charge in [0.05, 0.1) is 11.4 Å². The maximum atomic E-state index is 13.0. The fraction of sp³-hybridized carbons (Fsp3) is 0.619. The van der Waals surface area contributed by atoms with Crippen molar-refractivity contribution in [3.05, 3.63) is 24.3 Å². The quantitative estimate of drug-likeness (QED) is 0.874. The van der Waals surface area contributed by atoms with Gasteiger partial charge in [-0.1, -0.05) is 31.4 Å². The third kappa shape index (κ3) is 3.44. The third-order valence-corrected chi connectivity index (χ3v) is 6.26. The molecule has 2 heterocycles. The van der Waals surface area contributed by atoms with Crippen LogP contribution in [0.15, 0.2) is 24.3 Å². The number of para-hydroxylation sites is 2. The summed E-state index contributed by atoms with van der Waals surface area (Å²) in [5.41, 5.74) is 1.58. The molecule has 0 aromatic heterocycles. The summed E-state index contributed by atoms with van der Waals surface area (Å²) in [6.45, 7) is 1.58. The molecular formula is C21H29N3O2. The number of benzene rings is 1. The summed E-state index contributed by atoms with van der Waals surface area (Å²) in [4.78, 5) is 29.0. The van der Waals surface area contributed by atoms with Crippen LogP contribution in [0, 0.1) is 5.92 Å².